The molecule has 3 rings (SSSR count). The molecule has 0 amide bonds. The molecule has 0 N–H and O–H groups in total. The molecule has 0 aliphatic heterocycles. The molecule has 0 radical (unpaired) electrons. The van der Waals surface area contributed by atoms with Gasteiger partial charge < -0.3 is 0 Å². The van der Waals surface area contributed by atoms with Crippen LogP contribution in [0, 0.1) is 15.9 Å². The Balaban J connectivity index is 2.14. The van der Waals surface area contributed by atoms with E-state index in [9.17, 15) is 14.5 Å². The number of aromatic nitrogens is 3. The zero-order valence-corrected chi connectivity index (χ0v) is 9.52. The Morgan fingerprint density at radius 2 is 2.16 bits per heavy atom. The molecular weight excluding hydrogens is 251 g/mol. The van der Waals surface area contributed by atoms with Gasteiger partial charge in [0.1, 0.15) is 18.2 Å². The molecule has 3 aromatic rings. The molecule has 6 nitrogen and oxygen atoms in total. The van der Waals surface area contributed by atoms with Crippen molar-refractivity contribution < 1.29 is 9.31 Å². The van der Waals surface area contributed by atoms with E-state index >= 15 is 0 Å². The topological polar surface area (TPSA) is 73.3 Å². The second-order valence-electron chi connectivity index (χ2n) is 3.91. The van der Waals surface area contributed by atoms with Gasteiger partial charge in [-0.3, -0.25) is 10.1 Å². The average Bonchev–Trinajstić information content (AvgIpc) is 2.81. The van der Waals surface area contributed by atoms with Crippen LogP contribution in [-0.4, -0.2) is 19.5 Å². The highest BCUT2D eigenvalue weighted by molar-refractivity contribution is 5.64. The van der Waals surface area contributed by atoms with Gasteiger partial charge in [0.05, 0.1) is 10.6 Å². The van der Waals surface area contributed by atoms with Crippen LogP contribution in [0.1, 0.15) is 0 Å². The molecule has 0 saturated carbocycles. The van der Waals surface area contributed by atoms with Gasteiger partial charge in [0.2, 0.25) is 0 Å². The molecule has 0 fully saturated rings. The minimum atomic E-state index is -0.546. The molecule has 94 valence electrons. The second kappa shape index (κ2) is 4.13. The maximum absolute atomic E-state index is 13.1. The quantitative estimate of drug-likeness (QED) is 0.522. The highest BCUT2D eigenvalue weighted by atomic mass is 19.1. The van der Waals surface area contributed by atoms with Crippen LogP contribution in [0.4, 0.5) is 10.1 Å². The largest absolute Gasteiger partial charge is 0.305 e. The minimum absolute atomic E-state index is 0.151. The van der Waals surface area contributed by atoms with Crippen molar-refractivity contribution in [2.24, 2.45) is 0 Å². The number of nitro groups is 1. The van der Waals surface area contributed by atoms with Crippen molar-refractivity contribution in [3.05, 3.63) is 58.7 Å². The maximum atomic E-state index is 13.1. The number of rotatable bonds is 2. The summed E-state index contributed by atoms with van der Waals surface area (Å²) in [5.74, 6) is -0.367. The third-order valence-electron chi connectivity index (χ3n) is 2.63. The normalized spacial score (nSPS) is 10.8. The number of benzene rings is 1. The molecule has 0 spiro atoms. The maximum Gasteiger partial charge on any atom is 0.305 e. The SMILES string of the molecule is O=[N+]([O-])c1cnc2cc(-c3cccc(F)c3)nn2c1. The summed E-state index contributed by atoms with van der Waals surface area (Å²) in [5.41, 5.74) is 1.41. The monoisotopic (exact) mass is 258 g/mol. The Morgan fingerprint density at radius 3 is 2.89 bits per heavy atom. The predicted molar refractivity (Wildman–Crippen MR) is 65.0 cm³/mol. The van der Waals surface area contributed by atoms with Crippen molar-refractivity contribution in [1.82, 2.24) is 14.6 Å². The molecular formula is C12H7FN4O2. The fourth-order valence-electron chi connectivity index (χ4n) is 1.75. The number of hydrogen-bond donors (Lipinski definition) is 0. The van der Waals surface area contributed by atoms with Crippen molar-refractivity contribution in [3.63, 3.8) is 0 Å². The lowest BCUT2D eigenvalue weighted by Crippen LogP contribution is -1.95. The van der Waals surface area contributed by atoms with Crippen LogP contribution in [-0.2, 0) is 0 Å². The zero-order chi connectivity index (χ0) is 13.4. The lowest BCUT2D eigenvalue weighted by Gasteiger charge is -1.95. The van der Waals surface area contributed by atoms with Gasteiger partial charge in [-0.05, 0) is 12.1 Å². The summed E-state index contributed by atoms with van der Waals surface area (Å²) in [6.45, 7) is 0. The molecule has 0 saturated heterocycles. The first-order valence-corrected chi connectivity index (χ1v) is 5.39. The number of hydrogen-bond acceptors (Lipinski definition) is 4. The van der Waals surface area contributed by atoms with Crippen LogP contribution in [0.25, 0.3) is 16.9 Å². The zero-order valence-electron chi connectivity index (χ0n) is 9.52. The number of halogens is 1. The lowest BCUT2D eigenvalue weighted by molar-refractivity contribution is -0.385. The fourth-order valence-corrected chi connectivity index (χ4v) is 1.75. The Bertz CT molecular complexity index is 784. The molecule has 19 heavy (non-hydrogen) atoms. The van der Waals surface area contributed by atoms with E-state index in [0.717, 1.165) is 6.20 Å². The van der Waals surface area contributed by atoms with Crippen LogP contribution in [0.5, 0.6) is 0 Å². The molecule has 0 aliphatic rings. The van der Waals surface area contributed by atoms with Gasteiger partial charge >= 0.3 is 5.69 Å². The molecule has 0 unspecified atom stereocenters. The van der Waals surface area contributed by atoms with Gasteiger partial charge in [-0.1, -0.05) is 12.1 Å². The van der Waals surface area contributed by atoms with Gasteiger partial charge in [0.15, 0.2) is 5.65 Å². The van der Waals surface area contributed by atoms with E-state index in [4.69, 9.17) is 0 Å². The Morgan fingerprint density at radius 1 is 1.32 bits per heavy atom. The van der Waals surface area contributed by atoms with Crippen LogP contribution >= 0.6 is 0 Å². The Labute approximate surface area is 106 Å². The van der Waals surface area contributed by atoms with Gasteiger partial charge in [-0.2, -0.15) is 5.10 Å². The minimum Gasteiger partial charge on any atom is -0.258 e. The van der Waals surface area contributed by atoms with Crippen molar-refractivity contribution >= 4 is 11.3 Å². The van der Waals surface area contributed by atoms with E-state index < -0.39 is 4.92 Å². The molecule has 0 atom stereocenters. The summed E-state index contributed by atoms with van der Waals surface area (Å²) in [6.07, 6.45) is 2.43. The van der Waals surface area contributed by atoms with Gasteiger partial charge in [-0.15, -0.1) is 0 Å². The second-order valence-corrected chi connectivity index (χ2v) is 3.91. The highest BCUT2D eigenvalue weighted by Gasteiger charge is 2.11. The summed E-state index contributed by atoms with van der Waals surface area (Å²) >= 11 is 0. The summed E-state index contributed by atoms with van der Waals surface area (Å²) in [5, 5.41) is 14.8. The average molecular weight is 258 g/mol. The van der Waals surface area contributed by atoms with E-state index in [1.54, 1.807) is 18.2 Å². The van der Waals surface area contributed by atoms with E-state index in [-0.39, 0.29) is 11.5 Å². The molecule has 0 aliphatic carbocycles. The van der Waals surface area contributed by atoms with E-state index in [1.807, 2.05) is 0 Å². The van der Waals surface area contributed by atoms with Crippen LogP contribution in [0.2, 0.25) is 0 Å². The van der Waals surface area contributed by atoms with Crippen LogP contribution < -0.4 is 0 Å². The lowest BCUT2D eigenvalue weighted by atomic mass is 10.1. The van der Waals surface area contributed by atoms with E-state index in [0.29, 0.717) is 16.9 Å². The Hall–Kier alpha value is -2.83. The first-order chi connectivity index (χ1) is 9.13. The smallest absolute Gasteiger partial charge is 0.258 e. The molecule has 0 bridgehead atoms. The fraction of sp³-hybridized carbons (Fsp3) is 0. The molecule has 2 aromatic heterocycles. The van der Waals surface area contributed by atoms with Crippen molar-refractivity contribution in [2.75, 3.05) is 0 Å². The number of fused-ring (bicyclic) bond motifs is 1. The van der Waals surface area contributed by atoms with Crippen molar-refractivity contribution in [1.29, 1.82) is 0 Å². The third kappa shape index (κ3) is 2.01. The van der Waals surface area contributed by atoms with Crippen LogP contribution in [0.15, 0.2) is 42.7 Å². The van der Waals surface area contributed by atoms with E-state index in [1.165, 1.54) is 22.8 Å². The summed E-state index contributed by atoms with van der Waals surface area (Å²) in [4.78, 5) is 14.0. The van der Waals surface area contributed by atoms with E-state index in [2.05, 4.69) is 10.1 Å². The van der Waals surface area contributed by atoms with Gasteiger partial charge in [0, 0.05) is 11.6 Å². The Kier molecular flexibility index (Phi) is 2.45. The highest BCUT2D eigenvalue weighted by Crippen LogP contribution is 2.20. The van der Waals surface area contributed by atoms with Gasteiger partial charge in [0.25, 0.3) is 0 Å². The summed E-state index contributed by atoms with van der Waals surface area (Å²) in [6, 6.07) is 7.60. The molecule has 1 aromatic carbocycles. The molecule has 7 heteroatoms. The summed E-state index contributed by atoms with van der Waals surface area (Å²) in [7, 11) is 0. The standard InChI is InChI=1S/C12H7FN4O2/c13-9-3-1-2-8(4-9)11-5-12-14-6-10(17(18)19)7-16(12)15-11/h1-7H. The van der Waals surface area contributed by atoms with Crippen LogP contribution in [0.3, 0.4) is 0 Å². The first-order valence-electron chi connectivity index (χ1n) is 5.39. The third-order valence-corrected chi connectivity index (χ3v) is 2.63. The van der Waals surface area contributed by atoms with Gasteiger partial charge in [-0.25, -0.2) is 13.9 Å². The first kappa shape index (κ1) is 11.3. The predicted octanol–water partition coefficient (Wildman–Crippen LogP) is 2.44. The van der Waals surface area contributed by atoms with Crippen molar-refractivity contribution in [2.45, 2.75) is 0 Å². The summed E-state index contributed by atoms with van der Waals surface area (Å²) < 4.78 is 14.4. The molecule has 2 heterocycles. The number of nitrogens with zero attached hydrogens (tertiary/aromatic N) is 4. The van der Waals surface area contributed by atoms with Crippen molar-refractivity contribution in [3.8, 4) is 11.3 Å².